The summed E-state index contributed by atoms with van der Waals surface area (Å²) in [4.78, 5) is 17.7. The first kappa shape index (κ1) is 14.7. The van der Waals surface area contributed by atoms with E-state index in [1.165, 1.54) is 0 Å². The molecule has 23 heavy (non-hydrogen) atoms. The molecule has 0 aliphatic heterocycles. The number of hydrogen-bond donors (Lipinski definition) is 1. The van der Waals surface area contributed by atoms with Crippen molar-refractivity contribution in [2.75, 3.05) is 5.73 Å². The number of imidazole rings is 1. The zero-order valence-electron chi connectivity index (χ0n) is 12.6. The standard InChI is InChI=1S/C16H16N6O/c1-22-11-18-9-13(22)16(12-5-3-2-4-6-12)21-23-10-15-19-8-7-14(17)20-15/h2-9,11H,10H2,1H3,(H2,17,19,20)/b21-16-. The van der Waals surface area contributed by atoms with Crippen LogP contribution in [0.15, 0.2) is 60.3 Å². The first-order chi connectivity index (χ1) is 11.2. The summed E-state index contributed by atoms with van der Waals surface area (Å²) >= 11 is 0. The molecule has 0 atom stereocenters. The van der Waals surface area contributed by atoms with Gasteiger partial charge in [0.15, 0.2) is 12.4 Å². The summed E-state index contributed by atoms with van der Waals surface area (Å²) in [5.74, 6) is 0.878. The van der Waals surface area contributed by atoms with Gasteiger partial charge in [0.2, 0.25) is 0 Å². The second-order valence-corrected chi connectivity index (χ2v) is 4.87. The maximum atomic E-state index is 5.62. The summed E-state index contributed by atoms with van der Waals surface area (Å²) in [5, 5.41) is 4.26. The van der Waals surface area contributed by atoms with Crippen molar-refractivity contribution in [2.24, 2.45) is 12.2 Å². The molecule has 3 rings (SSSR count). The van der Waals surface area contributed by atoms with Gasteiger partial charge in [0.05, 0.1) is 18.2 Å². The SMILES string of the molecule is Cn1cncc1/C(=N\OCc1nccc(N)n1)c1ccccc1. The van der Waals surface area contributed by atoms with Gasteiger partial charge in [0.1, 0.15) is 11.5 Å². The lowest BCUT2D eigenvalue weighted by Gasteiger charge is -2.07. The summed E-state index contributed by atoms with van der Waals surface area (Å²) in [7, 11) is 1.90. The third-order valence-electron chi connectivity index (χ3n) is 3.18. The first-order valence-electron chi connectivity index (χ1n) is 7.03. The Morgan fingerprint density at radius 1 is 1.26 bits per heavy atom. The number of nitrogens with two attached hydrogens (primary N) is 1. The molecule has 2 heterocycles. The minimum absolute atomic E-state index is 0.138. The van der Waals surface area contributed by atoms with Crippen molar-refractivity contribution >= 4 is 11.5 Å². The summed E-state index contributed by atoms with van der Waals surface area (Å²) < 4.78 is 1.88. The van der Waals surface area contributed by atoms with E-state index in [1.54, 1.807) is 24.8 Å². The fourth-order valence-electron chi connectivity index (χ4n) is 2.07. The van der Waals surface area contributed by atoms with Gasteiger partial charge < -0.3 is 15.1 Å². The van der Waals surface area contributed by atoms with E-state index in [4.69, 9.17) is 10.6 Å². The molecule has 0 saturated heterocycles. The molecule has 2 N–H and O–H groups in total. The van der Waals surface area contributed by atoms with Gasteiger partial charge in [-0.1, -0.05) is 35.5 Å². The van der Waals surface area contributed by atoms with E-state index in [9.17, 15) is 0 Å². The Morgan fingerprint density at radius 2 is 2.09 bits per heavy atom. The van der Waals surface area contributed by atoms with Crippen molar-refractivity contribution in [1.82, 2.24) is 19.5 Å². The van der Waals surface area contributed by atoms with Gasteiger partial charge in [-0.05, 0) is 6.07 Å². The fraction of sp³-hybridized carbons (Fsp3) is 0.125. The predicted octanol–water partition coefficient (Wildman–Crippen LogP) is 1.76. The number of aromatic nitrogens is 4. The van der Waals surface area contributed by atoms with Gasteiger partial charge in [-0.15, -0.1) is 0 Å². The van der Waals surface area contributed by atoms with Crippen molar-refractivity contribution in [3.63, 3.8) is 0 Å². The lowest BCUT2D eigenvalue weighted by molar-refractivity contribution is 0.125. The Balaban J connectivity index is 1.85. The molecule has 116 valence electrons. The van der Waals surface area contributed by atoms with Gasteiger partial charge in [-0.2, -0.15) is 0 Å². The molecule has 0 saturated carbocycles. The predicted molar refractivity (Wildman–Crippen MR) is 86.5 cm³/mol. The van der Waals surface area contributed by atoms with E-state index in [0.29, 0.717) is 17.4 Å². The third kappa shape index (κ3) is 3.52. The number of benzene rings is 1. The maximum Gasteiger partial charge on any atom is 0.176 e. The van der Waals surface area contributed by atoms with Crippen LogP contribution in [-0.4, -0.2) is 25.2 Å². The highest BCUT2D eigenvalue weighted by atomic mass is 16.6. The lowest BCUT2D eigenvalue weighted by Crippen LogP contribution is -2.09. The average Bonchev–Trinajstić information content (AvgIpc) is 2.98. The Labute approximate surface area is 133 Å². The summed E-state index contributed by atoms with van der Waals surface area (Å²) in [6.07, 6.45) is 5.05. The van der Waals surface area contributed by atoms with Crippen molar-refractivity contribution in [1.29, 1.82) is 0 Å². The lowest BCUT2D eigenvalue weighted by atomic mass is 10.1. The highest BCUT2D eigenvalue weighted by Gasteiger charge is 2.11. The maximum absolute atomic E-state index is 5.62. The minimum atomic E-state index is 0.138. The van der Waals surface area contributed by atoms with Gasteiger partial charge in [-0.25, -0.2) is 15.0 Å². The molecule has 0 unspecified atom stereocenters. The third-order valence-corrected chi connectivity index (χ3v) is 3.18. The highest BCUT2D eigenvalue weighted by molar-refractivity contribution is 6.11. The number of nitrogen functional groups attached to an aromatic ring is 1. The van der Waals surface area contributed by atoms with Gasteiger partial charge in [0, 0.05) is 18.8 Å². The molecule has 3 aromatic rings. The Kier molecular flexibility index (Phi) is 4.28. The smallest absolute Gasteiger partial charge is 0.176 e. The summed E-state index contributed by atoms with van der Waals surface area (Å²) in [5.41, 5.74) is 8.10. The molecule has 0 bridgehead atoms. The van der Waals surface area contributed by atoms with Crippen LogP contribution in [0.4, 0.5) is 5.82 Å². The molecule has 0 amide bonds. The quantitative estimate of drug-likeness (QED) is 0.573. The zero-order chi connectivity index (χ0) is 16.1. The first-order valence-corrected chi connectivity index (χ1v) is 7.03. The van der Waals surface area contributed by atoms with E-state index in [-0.39, 0.29) is 6.61 Å². The van der Waals surface area contributed by atoms with Gasteiger partial charge in [0.25, 0.3) is 0 Å². The van der Waals surface area contributed by atoms with Crippen molar-refractivity contribution in [3.8, 4) is 0 Å². The van der Waals surface area contributed by atoms with Crippen LogP contribution in [0, 0.1) is 0 Å². The number of hydrogen-bond acceptors (Lipinski definition) is 6. The van der Waals surface area contributed by atoms with E-state index in [2.05, 4.69) is 20.1 Å². The van der Waals surface area contributed by atoms with Crippen LogP contribution in [0.1, 0.15) is 17.1 Å². The van der Waals surface area contributed by atoms with E-state index in [0.717, 1.165) is 11.3 Å². The van der Waals surface area contributed by atoms with E-state index >= 15 is 0 Å². The monoisotopic (exact) mass is 308 g/mol. The van der Waals surface area contributed by atoms with Crippen LogP contribution in [0.2, 0.25) is 0 Å². The van der Waals surface area contributed by atoms with Crippen LogP contribution in [-0.2, 0) is 18.5 Å². The molecular formula is C16H16N6O. The molecule has 0 radical (unpaired) electrons. The van der Waals surface area contributed by atoms with Crippen molar-refractivity contribution < 1.29 is 4.84 Å². The van der Waals surface area contributed by atoms with Crippen LogP contribution < -0.4 is 5.73 Å². The molecule has 0 fully saturated rings. The van der Waals surface area contributed by atoms with Crippen LogP contribution in [0.5, 0.6) is 0 Å². The summed E-state index contributed by atoms with van der Waals surface area (Å²) in [6.45, 7) is 0.138. The Morgan fingerprint density at radius 3 is 2.78 bits per heavy atom. The number of aryl methyl sites for hydroxylation is 1. The topological polar surface area (TPSA) is 91.2 Å². The number of nitrogens with zero attached hydrogens (tertiary/aromatic N) is 5. The molecule has 7 nitrogen and oxygen atoms in total. The molecule has 2 aromatic heterocycles. The van der Waals surface area contributed by atoms with Crippen molar-refractivity contribution in [2.45, 2.75) is 6.61 Å². The average molecular weight is 308 g/mol. The molecule has 1 aromatic carbocycles. The number of anilines is 1. The van der Waals surface area contributed by atoms with Crippen LogP contribution in [0.3, 0.4) is 0 Å². The molecule has 7 heteroatoms. The normalized spacial score (nSPS) is 11.4. The summed E-state index contributed by atoms with van der Waals surface area (Å²) in [6, 6.07) is 11.4. The minimum Gasteiger partial charge on any atom is -0.387 e. The second kappa shape index (κ2) is 6.69. The molecule has 0 aliphatic rings. The van der Waals surface area contributed by atoms with Crippen LogP contribution in [0.25, 0.3) is 0 Å². The molecule has 0 spiro atoms. The van der Waals surface area contributed by atoms with Gasteiger partial charge in [-0.3, -0.25) is 0 Å². The van der Waals surface area contributed by atoms with Gasteiger partial charge >= 0.3 is 0 Å². The second-order valence-electron chi connectivity index (χ2n) is 4.87. The number of oxime groups is 1. The van der Waals surface area contributed by atoms with E-state index < -0.39 is 0 Å². The fourth-order valence-corrected chi connectivity index (χ4v) is 2.07. The molecule has 0 aliphatic carbocycles. The Bertz CT molecular complexity index is 812. The largest absolute Gasteiger partial charge is 0.387 e. The van der Waals surface area contributed by atoms with Crippen molar-refractivity contribution in [3.05, 3.63) is 72.2 Å². The Hall–Kier alpha value is -3.22. The molecular weight excluding hydrogens is 292 g/mol. The van der Waals surface area contributed by atoms with E-state index in [1.807, 2.05) is 41.9 Å². The highest BCUT2D eigenvalue weighted by Crippen LogP contribution is 2.11. The zero-order valence-corrected chi connectivity index (χ0v) is 12.6. The number of rotatable bonds is 5. The van der Waals surface area contributed by atoms with Crippen LogP contribution >= 0.6 is 0 Å².